The zero-order chi connectivity index (χ0) is 10.8. The zero-order valence-corrected chi connectivity index (χ0v) is 9.34. The first-order valence-electron chi connectivity index (χ1n) is 5.49. The quantitative estimate of drug-likeness (QED) is 0.793. The van der Waals surface area contributed by atoms with Gasteiger partial charge >= 0.3 is 0 Å². The van der Waals surface area contributed by atoms with Crippen LogP contribution in [0, 0.1) is 13.8 Å². The predicted octanol–water partition coefficient (Wildman–Crippen LogP) is 1.78. The first kappa shape index (κ1) is 10.4. The van der Waals surface area contributed by atoms with E-state index in [2.05, 4.69) is 37.4 Å². The zero-order valence-electron chi connectivity index (χ0n) is 9.34. The van der Waals surface area contributed by atoms with Gasteiger partial charge in [0.25, 0.3) is 0 Å². The minimum absolute atomic E-state index is 0.0476. The van der Waals surface area contributed by atoms with E-state index in [0.717, 1.165) is 13.0 Å². The number of hydrogen-bond acceptors (Lipinski definition) is 2. The number of rotatable bonds is 2. The molecule has 0 spiro atoms. The molecule has 15 heavy (non-hydrogen) atoms. The summed E-state index contributed by atoms with van der Waals surface area (Å²) in [5, 5.41) is 3.25. The van der Waals surface area contributed by atoms with E-state index in [1.54, 1.807) is 0 Å². The topological polar surface area (TPSA) is 29.1 Å². The average Bonchev–Trinajstić information content (AvgIpc) is 2.57. The summed E-state index contributed by atoms with van der Waals surface area (Å²) in [6.07, 6.45) is 1.53. The van der Waals surface area contributed by atoms with E-state index in [1.165, 1.54) is 16.7 Å². The number of benzene rings is 1. The van der Waals surface area contributed by atoms with Crippen LogP contribution in [0.3, 0.4) is 0 Å². The van der Waals surface area contributed by atoms with Crippen molar-refractivity contribution in [3.05, 3.63) is 34.9 Å². The van der Waals surface area contributed by atoms with E-state index in [-0.39, 0.29) is 6.04 Å². The molecule has 1 heterocycles. The van der Waals surface area contributed by atoms with Crippen molar-refractivity contribution in [3.8, 4) is 0 Å². The first-order valence-corrected chi connectivity index (χ1v) is 5.49. The van der Waals surface area contributed by atoms with E-state index < -0.39 is 0 Å². The molecule has 1 N–H and O–H groups in total. The fourth-order valence-electron chi connectivity index (χ4n) is 2.14. The summed E-state index contributed by atoms with van der Waals surface area (Å²) < 4.78 is 0. The maximum absolute atomic E-state index is 11.5. The first-order chi connectivity index (χ1) is 7.16. The van der Waals surface area contributed by atoms with Crippen molar-refractivity contribution in [2.45, 2.75) is 32.7 Å². The molecule has 1 unspecified atom stereocenters. The summed E-state index contributed by atoms with van der Waals surface area (Å²) in [6, 6.07) is 6.47. The van der Waals surface area contributed by atoms with E-state index in [1.807, 2.05) is 0 Å². The highest BCUT2D eigenvalue weighted by atomic mass is 16.1. The highest BCUT2D eigenvalue weighted by Gasteiger charge is 2.23. The largest absolute Gasteiger partial charge is 0.307 e. The lowest BCUT2D eigenvalue weighted by atomic mass is 9.98. The van der Waals surface area contributed by atoms with Crippen LogP contribution in [-0.2, 0) is 11.2 Å². The number of ketones is 1. The summed E-state index contributed by atoms with van der Waals surface area (Å²) in [7, 11) is 0. The van der Waals surface area contributed by atoms with Crippen LogP contribution in [0.25, 0.3) is 0 Å². The van der Waals surface area contributed by atoms with Crippen LogP contribution < -0.4 is 5.32 Å². The minimum Gasteiger partial charge on any atom is -0.307 e. The van der Waals surface area contributed by atoms with Gasteiger partial charge in [0.1, 0.15) is 0 Å². The van der Waals surface area contributed by atoms with Crippen LogP contribution in [0.2, 0.25) is 0 Å². The minimum atomic E-state index is 0.0476. The van der Waals surface area contributed by atoms with Gasteiger partial charge in [0.15, 0.2) is 5.78 Å². The van der Waals surface area contributed by atoms with E-state index >= 15 is 0 Å². The third-order valence-corrected chi connectivity index (χ3v) is 3.07. The molecule has 0 radical (unpaired) electrons. The van der Waals surface area contributed by atoms with Crippen molar-refractivity contribution < 1.29 is 4.79 Å². The molecule has 0 aromatic heterocycles. The summed E-state index contributed by atoms with van der Waals surface area (Å²) in [4.78, 5) is 11.5. The second-order valence-electron chi connectivity index (χ2n) is 4.36. The van der Waals surface area contributed by atoms with E-state index in [9.17, 15) is 4.79 Å². The number of carbonyl (C=O) groups is 1. The third-order valence-electron chi connectivity index (χ3n) is 3.07. The van der Waals surface area contributed by atoms with Gasteiger partial charge in [0.05, 0.1) is 6.04 Å². The Kier molecular flexibility index (Phi) is 2.87. The maximum Gasteiger partial charge on any atom is 0.151 e. The molecule has 1 aromatic rings. The van der Waals surface area contributed by atoms with Gasteiger partial charge in [0, 0.05) is 13.0 Å². The van der Waals surface area contributed by atoms with Gasteiger partial charge in [-0.25, -0.2) is 0 Å². The fraction of sp³-hybridized carbons (Fsp3) is 0.462. The van der Waals surface area contributed by atoms with Crippen molar-refractivity contribution in [1.29, 1.82) is 0 Å². The molecule has 2 nitrogen and oxygen atoms in total. The Morgan fingerprint density at radius 3 is 2.80 bits per heavy atom. The van der Waals surface area contributed by atoms with Crippen LogP contribution >= 0.6 is 0 Å². The molecule has 1 fully saturated rings. The number of carbonyl (C=O) groups excluding carboxylic acids is 1. The smallest absolute Gasteiger partial charge is 0.151 e. The van der Waals surface area contributed by atoms with Crippen molar-refractivity contribution in [2.24, 2.45) is 0 Å². The van der Waals surface area contributed by atoms with Gasteiger partial charge in [-0.2, -0.15) is 0 Å². The highest BCUT2D eigenvalue weighted by molar-refractivity contribution is 5.86. The van der Waals surface area contributed by atoms with Gasteiger partial charge < -0.3 is 5.32 Å². The van der Waals surface area contributed by atoms with Gasteiger partial charge in [0.2, 0.25) is 0 Å². The highest BCUT2D eigenvalue weighted by Crippen LogP contribution is 2.15. The number of hydrogen-bond donors (Lipinski definition) is 1. The number of aryl methyl sites for hydroxylation is 2. The van der Waals surface area contributed by atoms with Crippen LogP contribution in [0.5, 0.6) is 0 Å². The van der Waals surface area contributed by atoms with Gasteiger partial charge in [-0.05, 0) is 31.4 Å². The van der Waals surface area contributed by atoms with Crippen LogP contribution in [0.15, 0.2) is 18.2 Å². The van der Waals surface area contributed by atoms with Gasteiger partial charge in [-0.15, -0.1) is 0 Å². The molecule has 2 rings (SSSR count). The van der Waals surface area contributed by atoms with Gasteiger partial charge in [-0.1, -0.05) is 23.8 Å². The molecule has 0 amide bonds. The number of Topliss-reactive ketones (excluding diaryl/α,β-unsaturated/α-hetero) is 1. The maximum atomic E-state index is 11.5. The predicted molar refractivity (Wildman–Crippen MR) is 61.0 cm³/mol. The normalized spacial score (nSPS) is 20.9. The Bertz CT molecular complexity index is 384. The molecule has 0 aliphatic carbocycles. The van der Waals surface area contributed by atoms with Crippen LogP contribution in [0.4, 0.5) is 0 Å². The molecule has 1 atom stereocenters. The van der Waals surface area contributed by atoms with E-state index in [0.29, 0.717) is 12.2 Å². The van der Waals surface area contributed by atoms with Crippen molar-refractivity contribution >= 4 is 5.78 Å². The Labute approximate surface area is 90.7 Å². The number of nitrogens with one attached hydrogen (secondary N) is 1. The van der Waals surface area contributed by atoms with Gasteiger partial charge in [-0.3, -0.25) is 4.79 Å². The monoisotopic (exact) mass is 203 g/mol. The molecule has 0 bridgehead atoms. The Morgan fingerprint density at radius 2 is 2.20 bits per heavy atom. The second-order valence-corrected chi connectivity index (χ2v) is 4.36. The fourth-order valence-corrected chi connectivity index (χ4v) is 2.14. The molecular weight excluding hydrogens is 186 g/mol. The lowest BCUT2D eigenvalue weighted by Gasteiger charge is -2.11. The van der Waals surface area contributed by atoms with E-state index in [4.69, 9.17) is 0 Å². The average molecular weight is 203 g/mol. The molecular formula is C13H17NO. The SMILES string of the molecule is Cc1ccc(CC2NCCC2=O)c(C)c1. The van der Waals surface area contributed by atoms with Crippen LogP contribution in [-0.4, -0.2) is 18.4 Å². The standard InChI is InChI=1S/C13H17NO/c1-9-3-4-11(10(2)7-9)8-12-13(15)5-6-14-12/h3-4,7,12,14H,5-6,8H2,1-2H3. The Balaban J connectivity index is 2.13. The molecule has 1 saturated heterocycles. The third kappa shape index (κ3) is 2.26. The van der Waals surface area contributed by atoms with Crippen molar-refractivity contribution in [2.75, 3.05) is 6.54 Å². The van der Waals surface area contributed by atoms with Crippen molar-refractivity contribution in [1.82, 2.24) is 5.32 Å². The molecule has 1 aliphatic heterocycles. The summed E-state index contributed by atoms with van der Waals surface area (Å²) >= 11 is 0. The Morgan fingerprint density at radius 1 is 1.40 bits per heavy atom. The molecule has 1 aromatic carbocycles. The lowest BCUT2D eigenvalue weighted by Crippen LogP contribution is -2.29. The lowest BCUT2D eigenvalue weighted by molar-refractivity contribution is -0.118. The molecule has 2 heteroatoms. The van der Waals surface area contributed by atoms with Crippen LogP contribution in [0.1, 0.15) is 23.1 Å². The summed E-state index contributed by atoms with van der Waals surface area (Å²) in [5.74, 6) is 0.356. The summed E-state index contributed by atoms with van der Waals surface area (Å²) in [5.41, 5.74) is 3.85. The second kappa shape index (κ2) is 4.15. The van der Waals surface area contributed by atoms with Crippen molar-refractivity contribution in [3.63, 3.8) is 0 Å². The molecule has 0 saturated carbocycles. The Hall–Kier alpha value is -1.15. The summed E-state index contributed by atoms with van der Waals surface area (Å²) in [6.45, 7) is 5.05. The molecule has 1 aliphatic rings. The molecule has 80 valence electrons.